The summed E-state index contributed by atoms with van der Waals surface area (Å²) < 4.78 is 55.0. The highest BCUT2D eigenvalue weighted by Crippen LogP contribution is 2.55. The van der Waals surface area contributed by atoms with E-state index in [-0.39, 0.29) is 43.3 Å². The zero-order chi connectivity index (χ0) is 43.7. The Kier molecular flexibility index (Phi) is 13.1. The number of aromatic nitrogens is 3. The summed E-state index contributed by atoms with van der Waals surface area (Å²) in [6, 6.07) is 14.0. The van der Waals surface area contributed by atoms with Gasteiger partial charge in [-0.2, -0.15) is 0 Å². The third-order valence-electron chi connectivity index (χ3n) is 10.8. The Morgan fingerprint density at radius 1 is 0.820 bits per heavy atom. The second-order valence-electron chi connectivity index (χ2n) is 19.4. The molecule has 5 heterocycles. The maximum absolute atomic E-state index is 13.6. The van der Waals surface area contributed by atoms with E-state index in [2.05, 4.69) is 37.1 Å². The van der Waals surface area contributed by atoms with E-state index in [0.29, 0.717) is 41.8 Å². The molecule has 17 heteroatoms. The van der Waals surface area contributed by atoms with Crippen LogP contribution in [-0.4, -0.2) is 106 Å². The van der Waals surface area contributed by atoms with Gasteiger partial charge in [-0.3, -0.25) is 9.05 Å². The van der Waals surface area contributed by atoms with Crippen molar-refractivity contribution in [3.8, 4) is 22.9 Å². The van der Waals surface area contributed by atoms with E-state index in [0.717, 1.165) is 63.0 Å². The van der Waals surface area contributed by atoms with Crippen LogP contribution in [0.5, 0.6) is 11.6 Å². The number of hydrogen-bond donors (Lipinski definition) is 1. The molecular weight excluding hydrogens is 801 g/mol. The Morgan fingerprint density at radius 2 is 1.48 bits per heavy atom. The molecule has 3 aromatic rings. The number of piperazine rings is 1. The minimum atomic E-state index is -3.98. The molecule has 1 aliphatic carbocycles. The molecule has 4 aliphatic rings. The van der Waals surface area contributed by atoms with Gasteiger partial charge in [-0.05, 0) is 112 Å². The van der Waals surface area contributed by atoms with Crippen molar-refractivity contribution < 1.29 is 41.9 Å². The Balaban J connectivity index is 0.934. The van der Waals surface area contributed by atoms with Gasteiger partial charge in [0, 0.05) is 74.6 Å². The van der Waals surface area contributed by atoms with Gasteiger partial charge >= 0.3 is 13.9 Å². The number of carbonyl (C=O) groups is 1. The fraction of sp³-hybridized carbons (Fsp3) is 0.636. The molecule has 334 valence electrons. The van der Waals surface area contributed by atoms with Gasteiger partial charge in [0.2, 0.25) is 5.88 Å². The fourth-order valence-corrected chi connectivity index (χ4v) is 9.96. The lowest BCUT2D eigenvalue weighted by atomic mass is 9.91. The summed E-state index contributed by atoms with van der Waals surface area (Å²) in [7, 11) is -3.98. The highest BCUT2D eigenvalue weighted by molar-refractivity contribution is 7.48. The number of hydrogen-bond acceptors (Lipinski definition) is 15. The number of phosphoric acid groups is 1. The normalized spacial score (nSPS) is 22.5. The van der Waals surface area contributed by atoms with E-state index < -0.39 is 24.6 Å². The van der Waals surface area contributed by atoms with Gasteiger partial charge in [0.15, 0.2) is 12.6 Å². The topological polar surface area (TPSA) is 173 Å². The number of phosphoric ester groups is 1. The highest BCUT2D eigenvalue weighted by Gasteiger charge is 2.42. The summed E-state index contributed by atoms with van der Waals surface area (Å²) >= 11 is 0. The van der Waals surface area contributed by atoms with Crippen molar-refractivity contribution in [2.24, 2.45) is 0 Å². The van der Waals surface area contributed by atoms with Gasteiger partial charge < -0.3 is 39.4 Å². The Labute approximate surface area is 360 Å². The van der Waals surface area contributed by atoms with Crippen LogP contribution in [0.15, 0.2) is 48.7 Å². The molecule has 1 aromatic carbocycles. The predicted molar refractivity (Wildman–Crippen MR) is 233 cm³/mol. The van der Waals surface area contributed by atoms with Crippen molar-refractivity contribution in [3.63, 3.8) is 0 Å². The van der Waals surface area contributed by atoms with Crippen molar-refractivity contribution in [2.75, 3.05) is 48.5 Å². The summed E-state index contributed by atoms with van der Waals surface area (Å²) in [6.45, 7) is 18.8. The van der Waals surface area contributed by atoms with E-state index in [1.165, 1.54) is 0 Å². The molecule has 61 heavy (non-hydrogen) atoms. The maximum atomic E-state index is 13.6. The number of amides is 1. The Hall–Kier alpha value is -4.21. The molecule has 0 unspecified atom stereocenters. The van der Waals surface area contributed by atoms with Gasteiger partial charge in [0.25, 0.3) is 0 Å². The SMILES string of the molecule is CC(C)(C)OC(=O)N1CCC(OC2CC(Oc3cc(N4[C@@H]5CC[C@@H]4CN(c4cc(-c6ccccc6OCOP(=O)(OC(C)(C)C)OC(C)(C)C)nnc4N)C5)ccn3)C2)CC1. The molecule has 2 N–H and O–H groups in total. The Bertz CT molecular complexity index is 2010. The van der Waals surface area contributed by atoms with Crippen molar-refractivity contribution in [1.82, 2.24) is 20.1 Å². The summed E-state index contributed by atoms with van der Waals surface area (Å²) in [5.41, 5.74) is 7.62. The number of anilines is 3. The smallest absolute Gasteiger partial charge is 0.474 e. The number of para-hydroxylation sites is 1. The number of ether oxygens (including phenoxy) is 4. The number of likely N-dealkylation sites (tertiary alicyclic amines) is 1. The molecule has 3 aliphatic heterocycles. The van der Waals surface area contributed by atoms with E-state index in [1.807, 2.05) is 51.2 Å². The second-order valence-corrected chi connectivity index (χ2v) is 20.9. The molecule has 7 rings (SSSR count). The van der Waals surface area contributed by atoms with Crippen molar-refractivity contribution >= 4 is 31.1 Å². The molecule has 2 bridgehead atoms. The lowest BCUT2D eigenvalue weighted by Crippen LogP contribution is -2.54. The number of nitrogens with two attached hydrogens (primary N) is 1. The van der Waals surface area contributed by atoms with Gasteiger partial charge in [-0.25, -0.2) is 18.9 Å². The zero-order valence-corrected chi connectivity index (χ0v) is 38.1. The molecule has 0 spiro atoms. The Morgan fingerprint density at radius 3 is 2.11 bits per heavy atom. The molecule has 1 amide bonds. The first-order valence-electron chi connectivity index (χ1n) is 21.5. The van der Waals surface area contributed by atoms with Crippen molar-refractivity contribution in [1.29, 1.82) is 0 Å². The van der Waals surface area contributed by atoms with Crippen LogP contribution in [0.3, 0.4) is 0 Å². The first-order chi connectivity index (χ1) is 28.7. The summed E-state index contributed by atoms with van der Waals surface area (Å²) in [5, 5.41) is 8.83. The van der Waals surface area contributed by atoms with Gasteiger partial charge in [0.05, 0.1) is 34.8 Å². The standard InChI is InChI=1S/C44H64N7O9P/c1-42(2,3)58-41(52)49-20-17-32(18-21-49)56-33-23-34(24-33)57-39-22-29(16-19-46-39)51-30-14-15-31(51)27-50(26-30)37-25-36(47-48-40(37)45)35-12-10-11-13-38(35)54-28-55-61(53,59-43(4,5)6)60-44(7,8)9/h10-13,16,19,22,25,30-34H,14-15,17-18,20-21,23-24,26-28H2,1-9H3,(H2,45,48)/t30-,31-,33?,34?/m1/s1. The minimum absolute atomic E-state index is 0.0503. The van der Waals surface area contributed by atoms with Crippen LogP contribution < -0.4 is 25.0 Å². The molecule has 4 fully saturated rings. The monoisotopic (exact) mass is 865 g/mol. The summed E-state index contributed by atoms with van der Waals surface area (Å²) in [5.74, 6) is 1.44. The number of rotatable bonds is 13. The first-order valence-corrected chi connectivity index (χ1v) is 23.0. The average molecular weight is 866 g/mol. The first kappa shape index (κ1) is 44.8. The molecule has 2 atom stereocenters. The highest BCUT2D eigenvalue weighted by atomic mass is 31.2. The fourth-order valence-electron chi connectivity index (χ4n) is 8.29. The third-order valence-corrected chi connectivity index (χ3v) is 12.8. The lowest BCUT2D eigenvalue weighted by molar-refractivity contribution is -0.110. The summed E-state index contributed by atoms with van der Waals surface area (Å²) in [4.78, 5) is 23.6. The number of carbonyl (C=O) groups excluding carboxylic acids is 1. The van der Waals surface area contributed by atoms with E-state index in [9.17, 15) is 9.36 Å². The number of nitrogens with zero attached hydrogens (tertiary/aromatic N) is 6. The van der Waals surface area contributed by atoms with Gasteiger partial charge in [-0.1, -0.05) is 12.1 Å². The number of benzene rings is 1. The minimum Gasteiger partial charge on any atom is -0.474 e. The predicted octanol–water partition coefficient (Wildman–Crippen LogP) is 8.40. The largest absolute Gasteiger partial charge is 0.478 e. The van der Waals surface area contributed by atoms with Crippen LogP contribution in [0.2, 0.25) is 0 Å². The number of nitrogen functional groups attached to an aromatic ring is 1. The lowest BCUT2D eigenvalue weighted by Gasteiger charge is -2.43. The third kappa shape index (κ3) is 11.8. The zero-order valence-electron chi connectivity index (χ0n) is 37.2. The molecule has 3 saturated heterocycles. The number of pyridine rings is 1. The van der Waals surface area contributed by atoms with Gasteiger partial charge in [-0.15, -0.1) is 10.2 Å². The van der Waals surface area contributed by atoms with Crippen LogP contribution in [0.25, 0.3) is 11.3 Å². The molecule has 2 aromatic heterocycles. The molecule has 1 saturated carbocycles. The number of piperidine rings is 1. The van der Waals surface area contributed by atoms with Crippen LogP contribution in [0.4, 0.5) is 22.0 Å². The van der Waals surface area contributed by atoms with Crippen LogP contribution in [0, 0.1) is 0 Å². The molecule has 0 radical (unpaired) electrons. The molecule has 16 nitrogen and oxygen atoms in total. The van der Waals surface area contributed by atoms with Crippen LogP contribution in [-0.2, 0) is 27.6 Å². The average Bonchev–Trinajstić information content (AvgIpc) is 3.41. The second kappa shape index (κ2) is 17.9. The van der Waals surface area contributed by atoms with Crippen LogP contribution in [0.1, 0.15) is 101 Å². The summed E-state index contributed by atoms with van der Waals surface area (Å²) in [6.07, 6.45) is 7.24. The van der Waals surface area contributed by atoms with Crippen molar-refractivity contribution in [3.05, 3.63) is 48.7 Å². The molecular formula is C44H64N7O9P. The maximum Gasteiger partial charge on any atom is 0.478 e. The van der Waals surface area contributed by atoms with Crippen LogP contribution >= 0.6 is 7.82 Å². The van der Waals surface area contributed by atoms with E-state index in [1.54, 1.807) is 52.5 Å². The number of fused-ring (bicyclic) bond motifs is 2. The van der Waals surface area contributed by atoms with E-state index in [4.69, 9.17) is 38.3 Å². The van der Waals surface area contributed by atoms with Gasteiger partial charge in [0.1, 0.15) is 17.5 Å². The van der Waals surface area contributed by atoms with E-state index >= 15 is 0 Å². The quantitative estimate of drug-likeness (QED) is 0.128. The van der Waals surface area contributed by atoms with Crippen molar-refractivity contribution in [2.45, 2.75) is 148 Å².